The Hall–Kier alpha value is -2.66. The van der Waals surface area contributed by atoms with E-state index in [1.54, 1.807) is 18.2 Å². The molecule has 1 unspecified atom stereocenters. The van der Waals surface area contributed by atoms with E-state index in [-0.39, 0.29) is 24.4 Å². The number of amides is 1. The highest BCUT2D eigenvalue weighted by molar-refractivity contribution is 7.88. The van der Waals surface area contributed by atoms with Crippen molar-refractivity contribution in [1.29, 1.82) is 0 Å². The summed E-state index contributed by atoms with van der Waals surface area (Å²) in [6.45, 7) is 1.54. The van der Waals surface area contributed by atoms with Crippen molar-refractivity contribution in [2.45, 2.75) is 12.8 Å². The summed E-state index contributed by atoms with van der Waals surface area (Å²) in [6.07, 6.45) is 2.36. The fourth-order valence-corrected chi connectivity index (χ4v) is 4.14. The Labute approximate surface area is 161 Å². The van der Waals surface area contributed by atoms with Crippen molar-refractivity contribution >= 4 is 21.9 Å². The number of anilines is 1. The van der Waals surface area contributed by atoms with Crippen LogP contribution in [0.1, 0.15) is 12.8 Å². The molecule has 2 aliphatic heterocycles. The highest BCUT2D eigenvalue weighted by Crippen LogP contribution is 2.34. The lowest BCUT2D eigenvalue weighted by molar-refractivity contribution is -0.121. The van der Waals surface area contributed by atoms with Crippen molar-refractivity contribution < 1.29 is 27.1 Å². The number of ether oxygens (including phenoxy) is 2. The van der Waals surface area contributed by atoms with Crippen LogP contribution in [0.4, 0.5) is 6.01 Å². The van der Waals surface area contributed by atoms with Crippen molar-refractivity contribution in [3.63, 3.8) is 0 Å². The van der Waals surface area contributed by atoms with E-state index in [2.05, 4.69) is 15.5 Å². The Kier molecular flexibility index (Phi) is 4.94. The number of nitrogens with zero attached hydrogens (tertiary/aromatic N) is 3. The van der Waals surface area contributed by atoms with E-state index in [1.165, 1.54) is 4.31 Å². The van der Waals surface area contributed by atoms with Crippen LogP contribution in [0.15, 0.2) is 22.6 Å². The highest BCUT2D eigenvalue weighted by atomic mass is 32.2. The molecule has 2 aromatic rings. The van der Waals surface area contributed by atoms with E-state index in [0.29, 0.717) is 49.7 Å². The zero-order valence-corrected chi connectivity index (χ0v) is 16.1. The molecule has 1 aromatic heterocycles. The topological polar surface area (TPSA) is 124 Å². The van der Waals surface area contributed by atoms with E-state index in [1.807, 2.05) is 0 Å². The van der Waals surface area contributed by atoms with Crippen LogP contribution in [-0.2, 0) is 14.8 Å². The lowest BCUT2D eigenvalue weighted by atomic mass is 9.99. The van der Waals surface area contributed by atoms with E-state index >= 15 is 0 Å². The van der Waals surface area contributed by atoms with Gasteiger partial charge in [-0.1, -0.05) is 5.10 Å². The minimum absolute atomic E-state index is 0.0358. The predicted octanol–water partition coefficient (Wildman–Crippen LogP) is 1.12. The predicted molar refractivity (Wildman–Crippen MR) is 98.5 cm³/mol. The molecule has 0 aliphatic carbocycles. The summed E-state index contributed by atoms with van der Waals surface area (Å²) in [7, 11) is -3.32. The van der Waals surface area contributed by atoms with Crippen LogP contribution in [0, 0.1) is 5.92 Å². The number of fused-ring (bicyclic) bond motifs is 1. The largest absolute Gasteiger partial charge is 0.486 e. The van der Waals surface area contributed by atoms with E-state index in [9.17, 15) is 13.2 Å². The lowest BCUT2D eigenvalue weighted by Crippen LogP contribution is -2.43. The molecule has 1 saturated heterocycles. The van der Waals surface area contributed by atoms with Crippen molar-refractivity contribution in [2.24, 2.45) is 5.92 Å². The molecular weight excluding hydrogens is 388 g/mol. The van der Waals surface area contributed by atoms with Crippen LogP contribution in [-0.4, -0.2) is 61.4 Å². The monoisotopic (exact) mass is 408 g/mol. The second kappa shape index (κ2) is 7.40. The first-order valence-electron chi connectivity index (χ1n) is 8.90. The van der Waals surface area contributed by atoms with E-state index < -0.39 is 15.9 Å². The van der Waals surface area contributed by atoms with Gasteiger partial charge in [0.25, 0.3) is 0 Å². The summed E-state index contributed by atoms with van der Waals surface area (Å²) >= 11 is 0. The minimum Gasteiger partial charge on any atom is -0.486 e. The van der Waals surface area contributed by atoms with Crippen LogP contribution in [0.5, 0.6) is 11.5 Å². The Morgan fingerprint density at radius 1 is 1.21 bits per heavy atom. The lowest BCUT2D eigenvalue weighted by Gasteiger charge is -2.29. The maximum absolute atomic E-state index is 12.5. The summed E-state index contributed by atoms with van der Waals surface area (Å²) in [5.74, 6) is 0.666. The number of hydrogen-bond acceptors (Lipinski definition) is 8. The first-order chi connectivity index (χ1) is 13.4. The van der Waals surface area contributed by atoms with Gasteiger partial charge in [-0.2, -0.15) is 0 Å². The molecule has 1 atom stereocenters. The first kappa shape index (κ1) is 18.7. The second-order valence-corrected chi connectivity index (χ2v) is 8.70. The minimum atomic E-state index is -3.32. The van der Waals surface area contributed by atoms with Crippen LogP contribution < -0.4 is 14.8 Å². The fraction of sp³-hybridized carbons (Fsp3) is 0.471. The van der Waals surface area contributed by atoms with Crippen molar-refractivity contribution in [2.75, 3.05) is 37.9 Å². The second-order valence-electron chi connectivity index (χ2n) is 6.72. The van der Waals surface area contributed by atoms with Crippen molar-refractivity contribution in [3.8, 4) is 23.0 Å². The molecule has 2 aliphatic rings. The Balaban J connectivity index is 1.44. The maximum Gasteiger partial charge on any atom is 0.322 e. The third kappa shape index (κ3) is 3.94. The van der Waals surface area contributed by atoms with Crippen LogP contribution in [0.3, 0.4) is 0 Å². The Morgan fingerprint density at radius 3 is 2.79 bits per heavy atom. The van der Waals surface area contributed by atoms with Gasteiger partial charge >= 0.3 is 6.01 Å². The van der Waals surface area contributed by atoms with Gasteiger partial charge in [-0.15, -0.1) is 5.10 Å². The number of rotatable bonds is 4. The molecule has 11 heteroatoms. The molecule has 0 radical (unpaired) electrons. The van der Waals surface area contributed by atoms with E-state index in [4.69, 9.17) is 13.9 Å². The zero-order valence-electron chi connectivity index (χ0n) is 15.3. The van der Waals surface area contributed by atoms with Gasteiger partial charge in [-0.3, -0.25) is 10.1 Å². The van der Waals surface area contributed by atoms with Gasteiger partial charge in [0.1, 0.15) is 13.2 Å². The average molecular weight is 408 g/mol. The first-order valence-corrected chi connectivity index (χ1v) is 10.7. The Bertz CT molecular complexity index is 989. The number of carbonyl (C=O) groups excluding carboxylic acids is 1. The highest BCUT2D eigenvalue weighted by Gasteiger charge is 2.31. The van der Waals surface area contributed by atoms with Gasteiger partial charge in [0, 0.05) is 18.7 Å². The van der Waals surface area contributed by atoms with Gasteiger partial charge in [-0.25, -0.2) is 12.7 Å². The average Bonchev–Trinajstić information content (AvgIpc) is 3.15. The third-order valence-electron chi connectivity index (χ3n) is 4.67. The van der Waals surface area contributed by atoms with Crippen molar-refractivity contribution in [3.05, 3.63) is 18.2 Å². The molecular formula is C17H20N4O6S. The van der Waals surface area contributed by atoms with Gasteiger partial charge in [0.05, 0.1) is 12.2 Å². The van der Waals surface area contributed by atoms with Crippen LogP contribution in [0.25, 0.3) is 11.5 Å². The number of nitrogens with one attached hydrogen (secondary N) is 1. The van der Waals surface area contributed by atoms with E-state index in [0.717, 1.165) is 6.26 Å². The van der Waals surface area contributed by atoms with Gasteiger partial charge < -0.3 is 13.9 Å². The van der Waals surface area contributed by atoms with Gasteiger partial charge in [0.15, 0.2) is 11.5 Å². The Morgan fingerprint density at radius 2 is 2.00 bits per heavy atom. The molecule has 4 rings (SSSR count). The molecule has 0 spiro atoms. The molecule has 1 amide bonds. The number of carbonyl (C=O) groups is 1. The molecule has 150 valence electrons. The van der Waals surface area contributed by atoms with Crippen LogP contribution >= 0.6 is 0 Å². The number of aromatic nitrogens is 2. The molecule has 10 nitrogen and oxygen atoms in total. The summed E-state index contributed by atoms with van der Waals surface area (Å²) < 4.78 is 41.3. The SMILES string of the molecule is CS(=O)(=O)N1CCCC(C(=O)Nc2nnc(-c3ccc4c(c3)OCCO4)o2)C1. The smallest absolute Gasteiger partial charge is 0.322 e. The number of sulfonamides is 1. The van der Waals surface area contributed by atoms with Gasteiger partial charge in [-0.05, 0) is 31.0 Å². The van der Waals surface area contributed by atoms with Crippen molar-refractivity contribution in [1.82, 2.24) is 14.5 Å². The normalized spacial score (nSPS) is 20.0. The maximum atomic E-state index is 12.5. The molecule has 28 heavy (non-hydrogen) atoms. The van der Waals surface area contributed by atoms with Crippen LogP contribution in [0.2, 0.25) is 0 Å². The third-order valence-corrected chi connectivity index (χ3v) is 5.94. The summed E-state index contributed by atoms with van der Waals surface area (Å²) in [5, 5.41) is 10.4. The molecule has 1 aromatic carbocycles. The summed E-state index contributed by atoms with van der Waals surface area (Å²) in [6, 6.07) is 5.22. The molecule has 0 bridgehead atoms. The summed E-state index contributed by atoms with van der Waals surface area (Å²) in [4.78, 5) is 12.5. The quantitative estimate of drug-likeness (QED) is 0.798. The number of hydrogen-bond donors (Lipinski definition) is 1. The summed E-state index contributed by atoms with van der Waals surface area (Å²) in [5.41, 5.74) is 0.637. The van der Waals surface area contributed by atoms with Gasteiger partial charge in [0.2, 0.25) is 21.8 Å². The molecule has 0 saturated carbocycles. The molecule has 3 heterocycles. The molecule has 1 fully saturated rings. The standard InChI is InChI=1S/C17H20N4O6S/c1-28(23,24)21-6-2-3-12(10-21)15(22)18-17-20-19-16(27-17)11-4-5-13-14(9-11)26-8-7-25-13/h4-5,9,12H,2-3,6-8,10H2,1H3,(H,18,20,22). The number of benzene rings is 1. The fourth-order valence-electron chi connectivity index (χ4n) is 3.23. The zero-order chi connectivity index (χ0) is 19.7. The molecule has 1 N–H and O–H groups in total. The number of piperidine rings is 1.